The maximum Gasteiger partial charge on any atom is 0.222 e. The summed E-state index contributed by atoms with van der Waals surface area (Å²) in [4.78, 5) is 12.4. The molecule has 3 rings (SSSR count). The molecule has 0 radical (unpaired) electrons. The van der Waals surface area contributed by atoms with Gasteiger partial charge in [0.1, 0.15) is 0 Å². The molecule has 4 heteroatoms. The minimum atomic E-state index is 0.279. The van der Waals surface area contributed by atoms with Gasteiger partial charge in [-0.3, -0.25) is 4.99 Å². The number of halogens is 1. The predicted octanol–water partition coefficient (Wildman–Crippen LogP) is 2.77. The summed E-state index contributed by atoms with van der Waals surface area (Å²) < 4.78 is 0. The van der Waals surface area contributed by atoms with Gasteiger partial charge >= 0.3 is 0 Å². The van der Waals surface area contributed by atoms with Crippen LogP contribution in [0.15, 0.2) is 35.5 Å². The summed E-state index contributed by atoms with van der Waals surface area (Å²) in [5.74, 6) is 0. The molecule has 0 saturated carbocycles. The molecule has 1 aliphatic heterocycles. The summed E-state index contributed by atoms with van der Waals surface area (Å²) in [6.45, 7) is 0.862. The SMILES string of the molecule is Clc1nccc(-c2ccc3c(c2)CCN=C3)n1. The number of benzene rings is 1. The van der Waals surface area contributed by atoms with Crippen molar-refractivity contribution in [3.63, 3.8) is 0 Å². The first kappa shape index (κ1) is 10.4. The molecule has 2 aromatic rings. The van der Waals surface area contributed by atoms with E-state index in [4.69, 9.17) is 11.6 Å². The molecular formula is C13H10ClN3. The van der Waals surface area contributed by atoms with Gasteiger partial charge in [0.05, 0.1) is 5.69 Å². The fourth-order valence-electron chi connectivity index (χ4n) is 1.95. The van der Waals surface area contributed by atoms with Crippen molar-refractivity contribution >= 4 is 17.8 Å². The van der Waals surface area contributed by atoms with Gasteiger partial charge in [-0.25, -0.2) is 9.97 Å². The van der Waals surface area contributed by atoms with E-state index in [1.807, 2.05) is 18.3 Å². The molecule has 17 heavy (non-hydrogen) atoms. The zero-order chi connectivity index (χ0) is 11.7. The van der Waals surface area contributed by atoms with Gasteiger partial charge in [0.15, 0.2) is 0 Å². The number of fused-ring (bicyclic) bond motifs is 1. The molecule has 0 aliphatic carbocycles. The Bertz CT molecular complexity index is 593. The highest BCUT2D eigenvalue weighted by Gasteiger charge is 2.08. The van der Waals surface area contributed by atoms with Crippen LogP contribution in [0, 0.1) is 0 Å². The van der Waals surface area contributed by atoms with Gasteiger partial charge in [0.2, 0.25) is 5.28 Å². The molecule has 3 nitrogen and oxygen atoms in total. The third-order valence-corrected chi connectivity index (χ3v) is 2.99. The summed E-state index contributed by atoms with van der Waals surface area (Å²) >= 11 is 5.79. The second kappa shape index (κ2) is 4.26. The maximum absolute atomic E-state index is 5.79. The number of hydrogen-bond acceptors (Lipinski definition) is 3. The van der Waals surface area contributed by atoms with Crippen LogP contribution in [-0.2, 0) is 6.42 Å². The zero-order valence-corrected chi connectivity index (χ0v) is 9.85. The Kier molecular flexibility index (Phi) is 2.61. The van der Waals surface area contributed by atoms with E-state index in [0.717, 1.165) is 24.2 Å². The minimum absolute atomic E-state index is 0.279. The molecule has 0 bridgehead atoms. The van der Waals surface area contributed by atoms with Gasteiger partial charge in [-0.2, -0.15) is 0 Å². The van der Waals surface area contributed by atoms with E-state index in [-0.39, 0.29) is 5.28 Å². The van der Waals surface area contributed by atoms with E-state index >= 15 is 0 Å². The summed E-state index contributed by atoms with van der Waals surface area (Å²) in [5.41, 5.74) is 4.44. The Labute approximate surface area is 104 Å². The van der Waals surface area contributed by atoms with Gasteiger partial charge in [0.25, 0.3) is 0 Å². The van der Waals surface area contributed by atoms with Crippen molar-refractivity contribution in [3.8, 4) is 11.3 Å². The fourth-order valence-corrected chi connectivity index (χ4v) is 2.10. The van der Waals surface area contributed by atoms with Gasteiger partial charge in [-0.05, 0) is 41.3 Å². The topological polar surface area (TPSA) is 38.1 Å². The lowest BCUT2D eigenvalue weighted by Crippen LogP contribution is -2.03. The van der Waals surface area contributed by atoms with Crippen LogP contribution in [0.5, 0.6) is 0 Å². The van der Waals surface area contributed by atoms with Crippen LogP contribution in [0.4, 0.5) is 0 Å². The maximum atomic E-state index is 5.79. The van der Waals surface area contributed by atoms with E-state index in [1.165, 1.54) is 11.1 Å². The van der Waals surface area contributed by atoms with Crippen molar-refractivity contribution in [2.45, 2.75) is 6.42 Å². The van der Waals surface area contributed by atoms with E-state index < -0.39 is 0 Å². The van der Waals surface area contributed by atoms with Crippen molar-refractivity contribution < 1.29 is 0 Å². The molecular weight excluding hydrogens is 234 g/mol. The lowest BCUT2D eigenvalue weighted by Gasteiger charge is -2.11. The number of aliphatic imine (C=N–C) groups is 1. The van der Waals surface area contributed by atoms with Crippen LogP contribution in [0.2, 0.25) is 5.28 Å². The first-order valence-corrected chi connectivity index (χ1v) is 5.82. The third kappa shape index (κ3) is 2.06. The molecule has 1 aromatic heterocycles. The van der Waals surface area contributed by atoms with Crippen LogP contribution < -0.4 is 0 Å². The Morgan fingerprint density at radius 3 is 3.00 bits per heavy atom. The van der Waals surface area contributed by atoms with Crippen LogP contribution >= 0.6 is 11.6 Å². The fraction of sp³-hybridized carbons (Fsp3) is 0.154. The van der Waals surface area contributed by atoms with Crippen LogP contribution in [0.1, 0.15) is 11.1 Å². The standard InChI is InChI=1S/C13H10ClN3/c14-13-16-6-4-12(17-13)10-1-2-11-8-15-5-3-9(11)7-10/h1-2,4,6-8H,3,5H2. The normalized spacial score (nSPS) is 13.5. The second-order valence-electron chi connectivity index (χ2n) is 3.91. The minimum Gasteiger partial charge on any atom is -0.292 e. The molecule has 0 saturated heterocycles. The monoisotopic (exact) mass is 243 g/mol. The quantitative estimate of drug-likeness (QED) is 0.723. The van der Waals surface area contributed by atoms with Crippen molar-refractivity contribution in [2.75, 3.05) is 6.54 Å². The summed E-state index contributed by atoms with van der Waals surface area (Å²) in [6, 6.07) is 8.13. The van der Waals surface area contributed by atoms with Crippen LogP contribution in [0.25, 0.3) is 11.3 Å². The number of rotatable bonds is 1. The summed E-state index contributed by atoms with van der Waals surface area (Å²) in [5, 5.41) is 0.279. The van der Waals surface area contributed by atoms with E-state index in [1.54, 1.807) is 6.20 Å². The largest absolute Gasteiger partial charge is 0.292 e. The van der Waals surface area contributed by atoms with Gasteiger partial charge in [-0.1, -0.05) is 12.1 Å². The van der Waals surface area contributed by atoms with Crippen molar-refractivity contribution in [1.82, 2.24) is 9.97 Å². The average Bonchev–Trinajstić information content (AvgIpc) is 2.38. The van der Waals surface area contributed by atoms with Crippen molar-refractivity contribution in [3.05, 3.63) is 46.9 Å². The van der Waals surface area contributed by atoms with Gasteiger partial charge in [0, 0.05) is 24.5 Å². The van der Waals surface area contributed by atoms with Crippen LogP contribution in [-0.4, -0.2) is 22.7 Å². The van der Waals surface area contributed by atoms with Gasteiger partial charge < -0.3 is 0 Å². The summed E-state index contributed by atoms with van der Waals surface area (Å²) in [6.07, 6.45) is 4.58. The number of hydrogen-bond donors (Lipinski definition) is 0. The molecule has 84 valence electrons. The number of aromatic nitrogens is 2. The molecule has 0 unspecified atom stereocenters. The predicted molar refractivity (Wildman–Crippen MR) is 68.6 cm³/mol. The average molecular weight is 244 g/mol. The molecule has 0 spiro atoms. The first-order valence-electron chi connectivity index (χ1n) is 5.44. The highest BCUT2D eigenvalue weighted by atomic mass is 35.5. The molecule has 0 atom stereocenters. The van der Waals surface area contributed by atoms with Crippen molar-refractivity contribution in [1.29, 1.82) is 0 Å². The lowest BCUT2D eigenvalue weighted by atomic mass is 9.99. The Morgan fingerprint density at radius 2 is 2.12 bits per heavy atom. The molecule has 0 amide bonds. The van der Waals surface area contributed by atoms with Crippen molar-refractivity contribution in [2.24, 2.45) is 4.99 Å². The first-order chi connectivity index (χ1) is 8.33. The third-order valence-electron chi connectivity index (χ3n) is 2.81. The smallest absolute Gasteiger partial charge is 0.222 e. The molecule has 1 aliphatic rings. The van der Waals surface area contributed by atoms with E-state index in [9.17, 15) is 0 Å². The summed E-state index contributed by atoms with van der Waals surface area (Å²) in [7, 11) is 0. The molecule has 2 heterocycles. The lowest BCUT2D eigenvalue weighted by molar-refractivity contribution is 0.952. The van der Waals surface area contributed by atoms with Gasteiger partial charge in [-0.15, -0.1) is 0 Å². The second-order valence-corrected chi connectivity index (χ2v) is 4.25. The number of nitrogens with zero attached hydrogens (tertiary/aromatic N) is 3. The molecule has 0 N–H and O–H groups in total. The molecule has 1 aromatic carbocycles. The van der Waals surface area contributed by atoms with E-state index in [0.29, 0.717) is 0 Å². The zero-order valence-electron chi connectivity index (χ0n) is 9.10. The molecule has 0 fully saturated rings. The Morgan fingerprint density at radius 1 is 1.18 bits per heavy atom. The van der Waals surface area contributed by atoms with E-state index in [2.05, 4.69) is 27.1 Å². The highest BCUT2D eigenvalue weighted by molar-refractivity contribution is 6.28. The Balaban J connectivity index is 2.07. The Hall–Kier alpha value is -1.74. The van der Waals surface area contributed by atoms with Crippen LogP contribution in [0.3, 0.4) is 0 Å². The highest BCUT2D eigenvalue weighted by Crippen LogP contribution is 2.22.